The number of rotatable bonds is 2. The molecule has 0 radical (unpaired) electrons. The standard InChI is InChI=1S/C16H20N6O2/c1-20-10-13(9-19-20)22-12-16(24-11-14(22)23)3-7-21(8-4-16)15-17-5-2-6-18-15/h2,5-6,9-10H,3-4,7-8,11-12H2,1H3. The van der Waals surface area contributed by atoms with Crippen LogP contribution in [-0.4, -0.2) is 57.5 Å². The van der Waals surface area contributed by atoms with Crippen molar-refractivity contribution in [3.05, 3.63) is 30.9 Å². The van der Waals surface area contributed by atoms with Crippen LogP contribution in [0.4, 0.5) is 11.6 Å². The third kappa shape index (κ3) is 2.73. The van der Waals surface area contributed by atoms with Crippen molar-refractivity contribution in [2.75, 3.05) is 36.0 Å². The average molecular weight is 328 g/mol. The number of hydrogen-bond donors (Lipinski definition) is 0. The minimum atomic E-state index is -0.297. The highest BCUT2D eigenvalue weighted by Gasteiger charge is 2.43. The number of hydrogen-bond acceptors (Lipinski definition) is 6. The summed E-state index contributed by atoms with van der Waals surface area (Å²) < 4.78 is 7.68. The molecule has 0 N–H and O–H groups in total. The molecule has 4 rings (SSSR count). The number of amides is 1. The van der Waals surface area contributed by atoms with Crippen LogP contribution in [0.2, 0.25) is 0 Å². The molecule has 1 amide bonds. The molecule has 2 aromatic heterocycles. The van der Waals surface area contributed by atoms with Crippen molar-refractivity contribution in [2.45, 2.75) is 18.4 Å². The highest BCUT2D eigenvalue weighted by atomic mass is 16.5. The van der Waals surface area contributed by atoms with Crippen LogP contribution < -0.4 is 9.80 Å². The summed E-state index contributed by atoms with van der Waals surface area (Å²) in [5.41, 5.74) is 0.536. The molecule has 4 heterocycles. The van der Waals surface area contributed by atoms with E-state index in [2.05, 4.69) is 20.0 Å². The molecule has 0 bridgehead atoms. The molecule has 2 aliphatic heterocycles. The first-order valence-electron chi connectivity index (χ1n) is 8.10. The molecule has 2 aliphatic rings. The number of carbonyl (C=O) groups excluding carboxylic acids is 1. The molecule has 0 aliphatic carbocycles. The first-order chi connectivity index (χ1) is 11.7. The molecular weight excluding hydrogens is 308 g/mol. The number of aryl methyl sites for hydroxylation is 1. The van der Waals surface area contributed by atoms with Gasteiger partial charge in [-0.25, -0.2) is 9.97 Å². The van der Waals surface area contributed by atoms with Crippen LogP contribution in [0, 0.1) is 0 Å². The zero-order chi connectivity index (χ0) is 16.6. The zero-order valence-corrected chi connectivity index (χ0v) is 13.6. The largest absolute Gasteiger partial charge is 0.363 e. The molecule has 0 unspecified atom stereocenters. The van der Waals surface area contributed by atoms with Crippen LogP contribution in [-0.2, 0) is 16.6 Å². The van der Waals surface area contributed by atoms with E-state index in [1.807, 2.05) is 19.3 Å². The number of morpholine rings is 1. The molecule has 0 saturated carbocycles. The van der Waals surface area contributed by atoms with Crippen molar-refractivity contribution in [3.63, 3.8) is 0 Å². The van der Waals surface area contributed by atoms with E-state index in [0.717, 1.165) is 37.6 Å². The molecular formula is C16H20N6O2. The number of aromatic nitrogens is 4. The SMILES string of the molecule is Cn1cc(N2CC3(CCN(c4ncccn4)CC3)OCC2=O)cn1. The molecule has 126 valence electrons. The van der Waals surface area contributed by atoms with E-state index >= 15 is 0 Å². The Morgan fingerprint density at radius 3 is 2.62 bits per heavy atom. The second-order valence-corrected chi connectivity index (χ2v) is 6.36. The van der Waals surface area contributed by atoms with E-state index in [0.29, 0.717) is 6.54 Å². The molecule has 24 heavy (non-hydrogen) atoms. The van der Waals surface area contributed by atoms with E-state index in [1.165, 1.54) is 0 Å². The summed E-state index contributed by atoms with van der Waals surface area (Å²) in [5, 5.41) is 4.17. The smallest absolute Gasteiger partial charge is 0.253 e. The summed E-state index contributed by atoms with van der Waals surface area (Å²) in [6.45, 7) is 2.33. The van der Waals surface area contributed by atoms with Crippen LogP contribution >= 0.6 is 0 Å². The fourth-order valence-corrected chi connectivity index (χ4v) is 3.37. The van der Waals surface area contributed by atoms with Gasteiger partial charge in [0.15, 0.2) is 0 Å². The Balaban J connectivity index is 1.47. The van der Waals surface area contributed by atoms with E-state index in [9.17, 15) is 4.79 Å². The van der Waals surface area contributed by atoms with Gasteiger partial charge in [-0.1, -0.05) is 0 Å². The molecule has 2 saturated heterocycles. The Morgan fingerprint density at radius 1 is 1.21 bits per heavy atom. The van der Waals surface area contributed by atoms with Gasteiger partial charge in [0.2, 0.25) is 5.95 Å². The Bertz CT molecular complexity index is 723. The van der Waals surface area contributed by atoms with E-state index in [-0.39, 0.29) is 18.1 Å². The van der Waals surface area contributed by atoms with Crippen molar-refractivity contribution < 1.29 is 9.53 Å². The Labute approximate surface area is 140 Å². The first-order valence-corrected chi connectivity index (χ1v) is 8.10. The summed E-state index contributed by atoms with van der Waals surface area (Å²) in [5.74, 6) is 0.741. The van der Waals surface area contributed by atoms with Gasteiger partial charge in [-0.3, -0.25) is 9.48 Å². The predicted octanol–water partition coefficient (Wildman–Crippen LogP) is 0.612. The molecule has 0 aromatic carbocycles. The Morgan fingerprint density at radius 2 is 1.96 bits per heavy atom. The van der Waals surface area contributed by atoms with Gasteiger partial charge in [0.05, 0.1) is 24.0 Å². The summed E-state index contributed by atoms with van der Waals surface area (Å²) in [6, 6.07) is 1.82. The van der Waals surface area contributed by atoms with Gasteiger partial charge >= 0.3 is 0 Å². The van der Waals surface area contributed by atoms with Gasteiger partial charge in [0.1, 0.15) is 6.61 Å². The normalized spacial score (nSPS) is 20.6. The number of nitrogens with zero attached hydrogens (tertiary/aromatic N) is 6. The lowest BCUT2D eigenvalue weighted by atomic mass is 9.89. The minimum absolute atomic E-state index is 0.0116. The number of anilines is 2. The molecule has 1 spiro atoms. The van der Waals surface area contributed by atoms with Gasteiger partial charge in [0.25, 0.3) is 5.91 Å². The Hall–Kier alpha value is -2.48. The topological polar surface area (TPSA) is 76.4 Å². The summed E-state index contributed by atoms with van der Waals surface area (Å²) in [6.07, 6.45) is 8.79. The maximum atomic E-state index is 12.2. The van der Waals surface area contributed by atoms with Crippen LogP contribution in [0.1, 0.15) is 12.8 Å². The van der Waals surface area contributed by atoms with Crippen LogP contribution in [0.5, 0.6) is 0 Å². The lowest BCUT2D eigenvalue weighted by molar-refractivity contribution is -0.141. The van der Waals surface area contributed by atoms with Gasteiger partial charge in [-0.05, 0) is 18.9 Å². The monoisotopic (exact) mass is 328 g/mol. The maximum Gasteiger partial charge on any atom is 0.253 e. The zero-order valence-electron chi connectivity index (χ0n) is 13.6. The lowest BCUT2D eigenvalue weighted by Crippen LogP contribution is -2.59. The van der Waals surface area contributed by atoms with Crippen molar-refractivity contribution in [3.8, 4) is 0 Å². The number of carbonyl (C=O) groups is 1. The number of ether oxygens (including phenoxy) is 1. The van der Waals surface area contributed by atoms with Gasteiger partial charge < -0.3 is 14.5 Å². The molecule has 8 heteroatoms. The third-order valence-corrected chi connectivity index (χ3v) is 4.76. The highest BCUT2D eigenvalue weighted by molar-refractivity contribution is 5.94. The van der Waals surface area contributed by atoms with Crippen molar-refractivity contribution in [1.82, 2.24) is 19.7 Å². The maximum absolute atomic E-state index is 12.2. The van der Waals surface area contributed by atoms with E-state index in [1.54, 1.807) is 28.2 Å². The molecule has 0 atom stereocenters. The van der Waals surface area contributed by atoms with Crippen LogP contribution in [0.15, 0.2) is 30.9 Å². The fraction of sp³-hybridized carbons (Fsp3) is 0.500. The summed E-state index contributed by atoms with van der Waals surface area (Å²) >= 11 is 0. The van der Waals surface area contributed by atoms with E-state index in [4.69, 9.17) is 4.74 Å². The Kier molecular flexibility index (Phi) is 3.68. The minimum Gasteiger partial charge on any atom is -0.363 e. The summed E-state index contributed by atoms with van der Waals surface area (Å²) in [7, 11) is 1.85. The van der Waals surface area contributed by atoms with Gasteiger partial charge in [0, 0.05) is 38.7 Å². The average Bonchev–Trinajstić information content (AvgIpc) is 3.05. The first kappa shape index (κ1) is 15.1. The van der Waals surface area contributed by atoms with Crippen molar-refractivity contribution in [2.24, 2.45) is 7.05 Å². The third-order valence-electron chi connectivity index (χ3n) is 4.76. The predicted molar refractivity (Wildman–Crippen MR) is 87.7 cm³/mol. The van der Waals surface area contributed by atoms with Crippen molar-refractivity contribution >= 4 is 17.5 Å². The second kappa shape index (κ2) is 5.86. The fourth-order valence-electron chi connectivity index (χ4n) is 3.37. The number of piperidine rings is 1. The van der Waals surface area contributed by atoms with Crippen LogP contribution in [0.25, 0.3) is 0 Å². The molecule has 2 aromatic rings. The second-order valence-electron chi connectivity index (χ2n) is 6.36. The van der Waals surface area contributed by atoms with Gasteiger partial charge in [-0.2, -0.15) is 5.10 Å². The lowest BCUT2D eigenvalue weighted by Gasteiger charge is -2.46. The highest BCUT2D eigenvalue weighted by Crippen LogP contribution is 2.33. The van der Waals surface area contributed by atoms with Crippen molar-refractivity contribution in [1.29, 1.82) is 0 Å². The quantitative estimate of drug-likeness (QED) is 0.804. The molecule has 2 fully saturated rings. The van der Waals surface area contributed by atoms with E-state index < -0.39 is 0 Å². The molecule has 8 nitrogen and oxygen atoms in total. The van der Waals surface area contributed by atoms with Crippen LogP contribution in [0.3, 0.4) is 0 Å². The summed E-state index contributed by atoms with van der Waals surface area (Å²) in [4.78, 5) is 24.8. The van der Waals surface area contributed by atoms with Gasteiger partial charge in [-0.15, -0.1) is 0 Å².